The van der Waals surface area contributed by atoms with E-state index in [1.807, 2.05) is 19.0 Å². The molecule has 1 rings (SSSR count). The highest BCUT2D eigenvalue weighted by molar-refractivity contribution is 9.10. The van der Waals surface area contributed by atoms with Crippen molar-refractivity contribution >= 4 is 21.7 Å². The number of aromatic nitrogens is 3. The Morgan fingerprint density at radius 1 is 1.57 bits per heavy atom. The lowest BCUT2D eigenvalue weighted by Crippen LogP contribution is -2.18. The standard InChI is InChI=1S/C8H13BrN4O/c1-12(2)5-4-6(14)7-8(9)10-11-13(7)3/h4-5H2,1-3H3. The number of hydrogen-bond donors (Lipinski definition) is 0. The lowest BCUT2D eigenvalue weighted by atomic mass is 10.2. The lowest BCUT2D eigenvalue weighted by Gasteiger charge is -2.07. The Kier molecular flexibility index (Phi) is 3.77. The van der Waals surface area contributed by atoms with Crippen LogP contribution in [0, 0.1) is 0 Å². The maximum atomic E-state index is 11.7. The average Bonchev–Trinajstić information content (AvgIpc) is 2.42. The van der Waals surface area contributed by atoms with Crippen molar-refractivity contribution in [3.05, 3.63) is 10.3 Å². The van der Waals surface area contributed by atoms with Crippen LogP contribution in [-0.4, -0.2) is 46.3 Å². The van der Waals surface area contributed by atoms with Crippen LogP contribution in [0.5, 0.6) is 0 Å². The van der Waals surface area contributed by atoms with Gasteiger partial charge in [-0.2, -0.15) is 0 Å². The number of halogens is 1. The average molecular weight is 261 g/mol. The Balaban J connectivity index is 2.70. The number of carbonyl (C=O) groups excluding carboxylic acids is 1. The van der Waals surface area contributed by atoms with Gasteiger partial charge in [0, 0.05) is 20.0 Å². The van der Waals surface area contributed by atoms with E-state index in [9.17, 15) is 4.79 Å². The van der Waals surface area contributed by atoms with Gasteiger partial charge in [0.05, 0.1) is 0 Å². The fourth-order valence-corrected chi connectivity index (χ4v) is 1.62. The highest BCUT2D eigenvalue weighted by Crippen LogP contribution is 2.13. The molecule has 1 heterocycles. The van der Waals surface area contributed by atoms with Crippen LogP contribution in [0.25, 0.3) is 0 Å². The second kappa shape index (κ2) is 4.65. The zero-order valence-electron chi connectivity index (χ0n) is 8.49. The Morgan fingerprint density at radius 3 is 2.64 bits per heavy atom. The molecule has 0 N–H and O–H groups in total. The van der Waals surface area contributed by atoms with Gasteiger partial charge in [-0.3, -0.25) is 4.79 Å². The quantitative estimate of drug-likeness (QED) is 0.749. The first-order chi connectivity index (χ1) is 6.52. The van der Waals surface area contributed by atoms with E-state index < -0.39 is 0 Å². The zero-order chi connectivity index (χ0) is 10.7. The van der Waals surface area contributed by atoms with E-state index in [2.05, 4.69) is 26.2 Å². The fourth-order valence-electron chi connectivity index (χ4n) is 1.07. The summed E-state index contributed by atoms with van der Waals surface area (Å²) in [5.41, 5.74) is 0.534. The fraction of sp³-hybridized carbons (Fsp3) is 0.625. The van der Waals surface area contributed by atoms with E-state index in [1.165, 1.54) is 4.68 Å². The summed E-state index contributed by atoms with van der Waals surface area (Å²) in [5.74, 6) is 0.0538. The van der Waals surface area contributed by atoms with Gasteiger partial charge < -0.3 is 4.90 Å². The molecule has 0 radical (unpaired) electrons. The molecule has 0 saturated carbocycles. The van der Waals surface area contributed by atoms with E-state index >= 15 is 0 Å². The predicted octanol–water partition coefficient (Wildman–Crippen LogP) is 0.712. The second-order valence-corrected chi connectivity index (χ2v) is 4.08. The Hall–Kier alpha value is -0.750. The normalized spacial score (nSPS) is 10.9. The van der Waals surface area contributed by atoms with Gasteiger partial charge in [0.1, 0.15) is 5.69 Å². The van der Waals surface area contributed by atoms with Crippen LogP contribution in [0.15, 0.2) is 4.60 Å². The van der Waals surface area contributed by atoms with Crippen molar-refractivity contribution in [3.63, 3.8) is 0 Å². The molecule has 14 heavy (non-hydrogen) atoms. The van der Waals surface area contributed by atoms with E-state index in [4.69, 9.17) is 0 Å². The number of hydrogen-bond acceptors (Lipinski definition) is 4. The van der Waals surface area contributed by atoms with Crippen molar-refractivity contribution in [2.24, 2.45) is 7.05 Å². The number of Topliss-reactive ketones (excluding diaryl/α,β-unsaturated/α-hetero) is 1. The van der Waals surface area contributed by atoms with Crippen LogP contribution in [0.1, 0.15) is 16.9 Å². The first-order valence-electron chi connectivity index (χ1n) is 4.25. The van der Waals surface area contributed by atoms with Crippen molar-refractivity contribution in [3.8, 4) is 0 Å². The minimum atomic E-state index is 0.0538. The number of ketones is 1. The zero-order valence-corrected chi connectivity index (χ0v) is 10.1. The monoisotopic (exact) mass is 260 g/mol. The lowest BCUT2D eigenvalue weighted by molar-refractivity contribution is 0.0962. The summed E-state index contributed by atoms with van der Waals surface area (Å²) in [5, 5.41) is 7.51. The SMILES string of the molecule is CN(C)CCC(=O)c1c(Br)nnn1C. The summed E-state index contributed by atoms with van der Waals surface area (Å²) in [6.07, 6.45) is 0.479. The summed E-state index contributed by atoms with van der Waals surface area (Å²) in [7, 11) is 5.58. The van der Waals surface area contributed by atoms with Gasteiger partial charge in [-0.1, -0.05) is 5.21 Å². The Morgan fingerprint density at radius 2 is 2.21 bits per heavy atom. The van der Waals surface area contributed by atoms with Crippen molar-refractivity contribution in [2.75, 3.05) is 20.6 Å². The van der Waals surface area contributed by atoms with Gasteiger partial charge >= 0.3 is 0 Å². The molecule has 0 bridgehead atoms. The molecule has 0 fully saturated rings. The molecule has 5 nitrogen and oxygen atoms in total. The molecule has 78 valence electrons. The molecule has 0 amide bonds. The van der Waals surface area contributed by atoms with Gasteiger partial charge in [-0.15, -0.1) is 5.10 Å². The third-order valence-electron chi connectivity index (χ3n) is 1.84. The highest BCUT2D eigenvalue weighted by atomic mass is 79.9. The Labute approximate surface area is 91.2 Å². The minimum Gasteiger partial charge on any atom is -0.309 e. The molecule has 0 aromatic carbocycles. The Bertz CT molecular complexity index is 315. The predicted molar refractivity (Wildman–Crippen MR) is 56.2 cm³/mol. The number of carbonyl (C=O) groups is 1. The molecule has 0 atom stereocenters. The van der Waals surface area contributed by atoms with Gasteiger partial charge in [0.2, 0.25) is 0 Å². The first kappa shape index (κ1) is 11.3. The number of aryl methyl sites for hydroxylation is 1. The molecule has 0 saturated heterocycles. The van der Waals surface area contributed by atoms with Crippen LogP contribution in [-0.2, 0) is 7.05 Å². The highest BCUT2D eigenvalue weighted by Gasteiger charge is 2.16. The van der Waals surface area contributed by atoms with Crippen molar-refractivity contribution in [1.82, 2.24) is 19.9 Å². The van der Waals surface area contributed by atoms with Crippen LogP contribution in [0.3, 0.4) is 0 Å². The van der Waals surface area contributed by atoms with E-state index in [-0.39, 0.29) is 5.78 Å². The van der Waals surface area contributed by atoms with Gasteiger partial charge in [-0.05, 0) is 30.0 Å². The topological polar surface area (TPSA) is 51.0 Å². The molecule has 0 aliphatic carbocycles. The van der Waals surface area contributed by atoms with Crippen LogP contribution in [0.4, 0.5) is 0 Å². The van der Waals surface area contributed by atoms with Gasteiger partial charge in [0.15, 0.2) is 10.4 Å². The van der Waals surface area contributed by atoms with E-state index in [1.54, 1.807) is 7.05 Å². The molecular weight excluding hydrogens is 248 g/mol. The molecule has 0 spiro atoms. The van der Waals surface area contributed by atoms with Gasteiger partial charge in [-0.25, -0.2) is 4.68 Å². The summed E-state index contributed by atoms with van der Waals surface area (Å²) in [4.78, 5) is 13.7. The van der Waals surface area contributed by atoms with Crippen LogP contribution in [0.2, 0.25) is 0 Å². The summed E-state index contributed by atoms with van der Waals surface area (Å²) < 4.78 is 2.01. The molecule has 0 unspecified atom stereocenters. The van der Waals surface area contributed by atoms with Crippen LogP contribution >= 0.6 is 15.9 Å². The van der Waals surface area contributed by atoms with E-state index in [0.29, 0.717) is 16.7 Å². The third-order valence-corrected chi connectivity index (χ3v) is 2.37. The summed E-state index contributed by atoms with van der Waals surface area (Å²) >= 11 is 3.20. The number of nitrogens with zero attached hydrogens (tertiary/aromatic N) is 4. The second-order valence-electron chi connectivity index (χ2n) is 3.33. The largest absolute Gasteiger partial charge is 0.309 e. The van der Waals surface area contributed by atoms with Crippen molar-refractivity contribution in [1.29, 1.82) is 0 Å². The maximum Gasteiger partial charge on any atom is 0.184 e. The summed E-state index contributed by atoms with van der Waals surface area (Å²) in [6.45, 7) is 0.733. The molecule has 1 aromatic heterocycles. The van der Waals surface area contributed by atoms with Gasteiger partial charge in [0.25, 0.3) is 0 Å². The molecule has 0 aliphatic heterocycles. The molecule has 6 heteroatoms. The minimum absolute atomic E-state index is 0.0538. The molecular formula is C8H13BrN4O. The maximum absolute atomic E-state index is 11.7. The first-order valence-corrected chi connectivity index (χ1v) is 5.04. The molecule has 0 aliphatic rings. The van der Waals surface area contributed by atoms with E-state index in [0.717, 1.165) is 6.54 Å². The molecule has 1 aromatic rings. The number of rotatable bonds is 4. The smallest absolute Gasteiger partial charge is 0.184 e. The van der Waals surface area contributed by atoms with Crippen LogP contribution < -0.4 is 0 Å². The van der Waals surface area contributed by atoms with Crippen molar-refractivity contribution in [2.45, 2.75) is 6.42 Å². The van der Waals surface area contributed by atoms with Crippen molar-refractivity contribution < 1.29 is 4.79 Å². The third kappa shape index (κ3) is 2.62. The summed E-state index contributed by atoms with van der Waals surface area (Å²) in [6, 6.07) is 0.